The summed E-state index contributed by atoms with van der Waals surface area (Å²) in [6.45, 7) is 4.86. The zero-order valence-corrected chi connectivity index (χ0v) is 20.5. The number of piperidine rings is 1. The van der Waals surface area contributed by atoms with Gasteiger partial charge in [0.1, 0.15) is 6.54 Å². The molecule has 4 rings (SSSR count). The van der Waals surface area contributed by atoms with Gasteiger partial charge in [0.05, 0.1) is 22.4 Å². The van der Waals surface area contributed by atoms with Crippen molar-refractivity contribution >= 4 is 39.3 Å². The SMILES string of the molecule is CC1CCN(S(=O)(=O)c2ccc3c(c2)N(CC(=O)N[C@H](C)c2ccccc2)C(=O)CS3)CC1. The summed E-state index contributed by atoms with van der Waals surface area (Å²) < 4.78 is 28.0. The van der Waals surface area contributed by atoms with Gasteiger partial charge in [0, 0.05) is 18.0 Å². The molecule has 0 aliphatic carbocycles. The normalized spacial score (nSPS) is 18.6. The van der Waals surface area contributed by atoms with Gasteiger partial charge in [-0.1, -0.05) is 37.3 Å². The fourth-order valence-corrected chi connectivity index (χ4v) is 6.55. The van der Waals surface area contributed by atoms with Crippen molar-refractivity contribution in [3.05, 3.63) is 54.1 Å². The third-order valence-corrected chi connectivity index (χ3v) is 9.17. The molecule has 1 fully saturated rings. The van der Waals surface area contributed by atoms with E-state index in [4.69, 9.17) is 0 Å². The van der Waals surface area contributed by atoms with E-state index in [9.17, 15) is 18.0 Å². The summed E-state index contributed by atoms with van der Waals surface area (Å²) >= 11 is 1.36. The number of hydrogen-bond donors (Lipinski definition) is 1. The highest BCUT2D eigenvalue weighted by Gasteiger charge is 2.32. The second-order valence-electron chi connectivity index (χ2n) is 8.68. The van der Waals surface area contributed by atoms with Crippen molar-refractivity contribution < 1.29 is 18.0 Å². The molecule has 2 aliphatic rings. The highest BCUT2D eigenvalue weighted by Crippen LogP contribution is 2.37. The Hall–Kier alpha value is -2.36. The van der Waals surface area contributed by atoms with Crippen LogP contribution in [0.1, 0.15) is 38.3 Å². The highest BCUT2D eigenvalue weighted by atomic mass is 32.2. The van der Waals surface area contributed by atoms with Gasteiger partial charge < -0.3 is 10.2 Å². The molecule has 0 saturated carbocycles. The minimum absolute atomic E-state index is 0.158. The summed E-state index contributed by atoms with van der Waals surface area (Å²) in [5.41, 5.74) is 1.45. The van der Waals surface area contributed by atoms with E-state index in [1.54, 1.807) is 18.2 Å². The van der Waals surface area contributed by atoms with Gasteiger partial charge in [0.15, 0.2) is 0 Å². The number of hydrogen-bond acceptors (Lipinski definition) is 5. The number of fused-ring (bicyclic) bond motifs is 1. The first-order valence-electron chi connectivity index (χ1n) is 11.2. The van der Waals surface area contributed by atoms with E-state index in [1.165, 1.54) is 21.0 Å². The number of sulfonamides is 1. The molecule has 0 unspecified atom stereocenters. The monoisotopic (exact) mass is 487 g/mol. The maximum Gasteiger partial charge on any atom is 0.243 e. The van der Waals surface area contributed by atoms with Gasteiger partial charge in [-0.2, -0.15) is 4.31 Å². The Labute approximate surface area is 199 Å². The number of rotatable bonds is 6. The summed E-state index contributed by atoms with van der Waals surface area (Å²) in [6.07, 6.45) is 1.68. The molecular formula is C24H29N3O4S2. The van der Waals surface area contributed by atoms with Gasteiger partial charge in [-0.25, -0.2) is 8.42 Å². The molecular weight excluding hydrogens is 458 g/mol. The van der Waals surface area contributed by atoms with Crippen LogP contribution in [0, 0.1) is 5.92 Å². The van der Waals surface area contributed by atoms with Crippen molar-refractivity contribution in [2.45, 2.75) is 42.5 Å². The average Bonchev–Trinajstić information content (AvgIpc) is 2.81. The lowest BCUT2D eigenvalue weighted by Gasteiger charge is -2.31. The van der Waals surface area contributed by atoms with Crippen molar-refractivity contribution in [3.63, 3.8) is 0 Å². The number of benzene rings is 2. The molecule has 1 atom stereocenters. The largest absolute Gasteiger partial charge is 0.348 e. The van der Waals surface area contributed by atoms with E-state index in [2.05, 4.69) is 12.2 Å². The molecule has 2 aliphatic heterocycles. The number of anilines is 1. The van der Waals surface area contributed by atoms with Gasteiger partial charge in [-0.3, -0.25) is 9.59 Å². The van der Waals surface area contributed by atoms with Gasteiger partial charge in [0.2, 0.25) is 21.8 Å². The maximum atomic E-state index is 13.2. The van der Waals surface area contributed by atoms with Gasteiger partial charge in [-0.05, 0) is 49.4 Å². The van der Waals surface area contributed by atoms with Crippen molar-refractivity contribution in [2.75, 3.05) is 30.3 Å². The van der Waals surface area contributed by atoms with Gasteiger partial charge in [0.25, 0.3) is 0 Å². The Bertz CT molecular complexity index is 1130. The molecule has 0 bridgehead atoms. The summed E-state index contributed by atoms with van der Waals surface area (Å²) in [5, 5.41) is 2.93. The Morgan fingerprint density at radius 1 is 1.15 bits per heavy atom. The molecule has 2 aromatic carbocycles. The van der Waals surface area contributed by atoms with E-state index < -0.39 is 10.0 Å². The summed E-state index contributed by atoms with van der Waals surface area (Å²) in [5.74, 6) is 0.221. The Morgan fingerprint density at radius 2 is 1.85 bits per heavy atom. The zero-order chi connectivity index (χ0) is 23.6. The predicted octanol–water partition coefficient (Wildman–Crippen LogP) is 3.42. The van der Waals surface area contributed by atoms with E-state index in [0.29, 0.717) is 24.7 Å². The van der Waals surface area contributed by atoms with Gasteiger partial charge >= 0.3 is 0 Å². The molecule has 1 saturated heterocycles. The molecule has 1 N–H and O–H groups in total. The maximum absolute atomic E-state index is 13.2. The van der Waals surface area contributed by atoms with Crippen LogP contribution >= 0.6 is 11.8 Å². The topological polar surface area (TPSA) is 86.8 Å². The zero-order valence-electron chi connectivity index (χ0n) is 18.9. The van der Waals surface area contributed by atoms with Crippen molar-refractivity contribution in [2.24, 2.45) is 5.92 Å². The lowest BCUT2D eigenvalue weighted by atomic mass is 10.0. The van der Waals surface area contributed by atoms with Crippen LogP contribution in [-0.2, 0) is 19.6 Å². The summed E-state index contributed by atoms with van der Waals surface area (Å²) in [6, 6.07) is 14.3. The van der Waals surface area contributed by atoms with Crippen LogP contribution in [-0.4, -0.2) is 49.9 Å². The summed E-state index contributed by atoms with van der Waals surface area (Å²) in [4.78, 5) is 27.8. The first kappa shape index (κ1) is 23.8. The third-order valence-electron chi connectivity index (χ3n) is 6.23. The number of carbonyl (C=O) groups excluding carboxylic acids is 2. The molecule has 0 radical (unpaired) electrons. The number of nitrogens with one attached hydrogen (secondary N) is 1. The molecule has 0 aromatic heterocycles. The van der Waals surface area contributed by atoms with Crippen LogP contribution in [0.15, 0.2) is 58.3 Å². The first-order chi connectivity index (χ1) is 15.8. The van der Waals surface area contributed by atoms with Crippen molar-refractivity contribution in [1.82, 2.24) is 9.62 Å². The third kappa shape index (κ3) is 5.26. The number of thioether (sulfide) groups is 1. The van der Waals surface area contributed by atoms with Crippen LogP contribution < -0.4 is 10.2 Å². The Kier molecular flexibility index (Phi) is 7.11. The van der Waals surface area contributed by atoms with E-state index in [0.717, 1.165) is 23.3 Å². The minimum Gasteiger partial charge on any atom is -0.348 e. The van der Waals surface area contributed by atoms with Crippen molar-refractivity contribution in [1.29, 1.82) is 0 Å². The standard InChI is InChI=1S/C24H29N3O4S2/c1-17-10-12-26(13-11-17)33(30,31)20-8-9-22-21(14-20)27(24(29)16-32-22)15-23(28)25-18(2)19-6-4-3-5-7-19/h3-9,14,17-18H,10-13,15-16H2,1-2H3,(H,25,28)/t18-/m1/s1. The fourth-order valence-electron chi connectivity index (χ4n) is 4.15. The van der Waals surface area contributed by atoms with Crippen LogP contribution in [0.5, 0.6) is 0 Å². The average molecular weight is 488 g/mol. The molecule has 176 valence electrons. The van der Waals surface area contributed by atoms with E-state index in [1.807, 2.05) is 37.3 Å². The first-order valence-corrected chi connectivity index (χ1v) is 13.6. The van der Waals surface area contributed by atoms with Crippen molar-refractivity contribution in [3.8, 4) is 0 Å². The lowest BCUT2D eigenvalue weighted by molar-refractivity contribution is -0.123. The second-order valence-corrected chi connectivity index (χ2v) is 11.6. The predicted molar refractivity (Wildman–Crippen MR) is 130 cm³/mol. The minimum atomic E-state index is -3.66. The van der Waals surface area contributed by atoms with E-state index in [-0.39, 0.29) is 35.0 Å². The van der Waals surface area contributed by atoms with Crippen LogP contribution in [0.25, 0.3) is 0 Å². The smallest absolute Gasteiger partial charge is 0.243 e. The Morgan fingerprint density at radius 3 is 2.55 bits per heavy atom. The lowest BCUT2D eigenvalue weighted by Crippen LogP contribution is -2.44. The second kappa shape index (κ2) is 9.87. The molecule has 33 heavy (non-hydrogen) atoms. The Balaban J connectivity index is 1.54. The molecule has 2 heterocycles. The van der Waals surface area contributed by atoms with Crippen LogP contribution in [0.3, 0.4) is 0 Å². The number of amides is 2. The molecule has 9 heteroatoms. The molecule has 0 spiro atoms. The molecule has 7 nitrogen and oxygen atoms in total. The number of carbonyl (C=O) groups is 2. The molecule has 2 aromatic rings. The van der Waals surface area contributed by atoms with E-state index >= 15 is 0 Å². The number of nitrogens with zero attached hydrogens (tertiary/aromatic N) is 2. The van der Waals surface area contributed by atoms with Crippen LogP contribution in [0.4, 0.5) is 5.69 Å². The highest BCUT2D eigenvalue weighted by molar-refractivity contribution is 8.00. The fraction of sp³-hybridized carbons (Fsp3) is 0.417. The van der Waals surface area contributed by atoms with Gasteiger partial charge in [-0.15, -0.1) is 11.8 Å². The summed E-state index contributed by atoms with van der Waals surface area (Å²) in [7, 11) is -3.66. The van der Waals surface area contributed by atoms with Crippen LogP contribution in [0.2, 0.25) is 0 Å². The molecule has 2 amide bonds. The quantitative estimate of drug-likeness (QED) is 0.675.